The Kier molecular flexibility index (Phi) is 5.88. The first kappa shape index (κ1) is 14.4. The fraction of sp³-hybridized carbons (Fsp3) is 0.750. The van der Waals surface area contributed by atoms with Crippen molar-refractivity contribution in [1.29, 1.82) is 0 Å². The minimum Gasteiger partial charge on any atom is -0.383 e. The second-order valence-electron chi connectivity index (χ2n) is 4.24. The van der Waals surface area contributed by atoms with Crippen molar-refractivity contribution in [2.45, 2.75) is 33.2 Å². The molecule has 0 aliphatic carbocycles. The van der Waals surface area contributed by atoms with Crippen molar-refractivity contribution in [3.63, 3.8) is 0 Å². The Balaban J connectivity index is 2.88. The number of methoxy groups -OCH3 is 1. The van der Waals surface area contributed by atoms with Gasteiger partial charge in [-0.05, 0) is 12.8 Å². The lowest BCUT2D eigenvalue weighted by molar-refractivity contribution is 0.205. The number of nitrogens with two attached hydrogens (primary N) is 1. The molecule has 0 fully saturated rings. The zero-order valence-corrected chi connectivity index (χ0v) is 12.0. The van der Waals surface area contributed by atoms with E-state index in [4.69, 9.17) is 15.5 Å². The Bertz CT molecular complexity index is 338. The van der Waals surface area contributed by atoms with E-state index in [0.717, 1.165) is 30.5 Å². The third kappa shape index (κ3) is 3.66. The first-order chi connectivity index (χ1) is 8.13. The smallest absolute Gasteiger partial charge is 0.185 e. The summed E-state index contributed by atoms with van der Waals surface area (Å²) in [6.07, 6.45) is 0. The van der Waals surface area contributed by atoms with E-state index in [1.807, 2.05) is 0 Å². The Hall–Kier alpha value is -0.650. The number of rotatable bonds is 7. The minimum atomic E-state index is 0.430. The highest BCUT2D eigenvalue weighted by Crippen LogP contribution is 2.30. The van der Waals surface area contributed by atoms with Gasteiger partial charge < -0.3 is 15.4 Å². The summed E-state index contributed by atoms with van der Waals surface area (Å²) in [6.45, 7) is 9.57. The molecule has 1 aromatic rings. The summed E-state index contributed by atoms with van der Waals surface area (Å²) >= 11 is 1.71. The van der Waals surface area contributed by atoms with E-state index < -0.39 is 0 Å². The van der Waals surface area contributed by atoms with Gasteiger partial charge in [-0.3, -0.25) is 0 Å². The molecule has 1 aromatic heterocycles. The van der Waals surface area contributed by atoms with Crippen molar-refractivity contribution in [3.05, 3.63) is 10.6 Å². The average Bonchev–Trinajstić information content (AvgIpc) is 2.74. The molecule has 0 saturated carbocycles. The Labute approximate surface area is 108 Å². The molecular formula is C12H23N3OS. The zero-order valence-electron chi connectivity index (χ0n) is 11.2. The monoisotopic (exact) mass is 257 g/mol. The molecule has 0 saturated heterocycles. The quantitative estimate of drug-likeness (QED) is 0.813. The highest BCUT2D eigenvalue weighted by molar-refractivity contribution is 7.15. The maximum absolute atomic E-state index is 5.77. The van der Waals surface area contributed by atoms with Crippen LogP contribution in [0.1, 0.15) is 37.3 Å². The van der Waals surface area contributed by atoms with Crippen LogP contribution in [0, 0.1) is 0 Å². The number of hydrogen-bond acceptors (Lipinski definition) is 5. The molecule has 0 spiro atoms. The first-order valence-corrected chi connectivity index (χ1v) is 6.89. The lowest BCUT2D eigenvalue weighted by atomic mass is 10.1. The van der Waals surface area contributed by atoms with Crippen LogP contribution in [0.25, 0.3) is 0 Å². The second kappa shape index (κ2) is 6.93. The van der Waals surface area contributed by atoms with Crippen LogP contribution in [-0.4, -0.2) is 31.8 Å². The summed E-state index contributed by atoms with van der Waals surface area (Å²) in [6, 6.07) is 0. The van der Waals surface area contributed by atoms with E-state index in [2.05, 4.69) is 25.7 Å². The number of aromatic nitrogens is 1. The van der Waals surface area contributed by atoms with E-state index in [0.29, 0.717) is 12.5 Å². The molecule has 0 atom stereocenters. The highest BCUT2D eigenvalue weighted by Gasteiger charge is 2.16. The normalized spacial score (nSPS) is 11.2. The summed E-state index contributed by atoms with van der Waals surface area (Å²) in [7, 11) is 1.72. The van der Waals surface area contributed by atoms with Gasteiger partial charge in [0.25, 0.3) is 0 Å². The van der Waals surface area contributed by atoms with E-state index in [1.165, 1.54) is 4.88 Å². The van der Waals surface area contributed by atoms with Crippen LogP contribution >= 0.6 is 11.3 Å². The summed E-state index contributed by atoms with van der Waals surface area (Å²) in [5.74, 6) is 0.430. The Morgan fingerprint density at radius 3 is 2.59 bits per heavy atom. The second-order valence-corrected chi connectivity index (χ2v) is 5.30. The van der Waals surface area contributed by atoms with Crippen LogP contribution in [0.4, 0.5) is 5.13 Å². The molecule has 0 radical (unpaired) electrons. The third-order valence-electron chi connectivity index (χ3n) is 2.67. The lowest BCUT2D eigenvalue weighted by Gasteiger charge is -2.18. The third-order valence-corrected chi connectivity index (χ3v) is 3.82. The Morgan fingerprint density at radius 2 is 2.18 bits per heavy atom. The van der Waals surface area contributed by atoms with Crippen LogP contribution in [0.15, 0.2) is 0 Å². The number of likely N-dealkylation sites (N-methyl/N-ethyl adjacent to an activating group) is 1. The molecule has 0 aliphatic rings. The highest BCUT2D eigenvalue weighted by atomic mass is 32.1. The number of ether oxygens (including phenoxy) is 1. The van der Waals surface area contributed by atoms with Gasteiger partial charge in [0.1, 0.15) is 0 Å². The molecule has 0 amide bonds. The maximum Gasteiger partial charge on any atom is 0.185 e. The van der Waals surface area contributed by atoms with Crippen molar-refractivity contribution >= 4 is 16.5 Å². The van der Waals surface area contributed by atoms with Crippen molar-refractivity contribution in [2.75, 3.05) is 31.7 Å². The maximum atomic E-state index is 5.77. The van der Waals surface area contributed by atoms with Crippen LogP contribution in [-0.2, 0) is 11.3 Å². The molecule has 0 aromatic carbocycles. The molecule has 0 bridgehead atoms. The van der Waals surface area contributed by atoms with Crippen molar-refractivity contribution in [3.8, 4) is 0 Å². The molecule has 1 heterocycles. The van der Waals surface area contributed by atoms with Gasteiger partial charge in [0.05, 0.1) is 12.3 Å². The average molecular weight is 257 g/mol. The van der Waals surface area contributed by atoms with Gasteiger partial charge in [0.15, 0.2) is 5.13 Å². The summed E-state index contributed by atoms with van der Waals surface area (Å²) in [5, 5.41) is 1.06. The fourth-order valence-corrected chi connectivity index (χ4v) is 2.86. The van der Waals surface area contributed by atoms with Gasteiger partial charge in [-0.1, -0.05) is 13.8 Å². The molecule has 4 nitrogen and oxygen atoms in total. The van der Waals surface area contributed by atoms with E-state index in [-0.39, 0.29) is 0 Å². The van der Waals surface area contributed by atoms with Crippen LogP contribution in [0.5, 0.6) is 0 Å². The van der Waals surface area contributed by atoms with Crippen LogP contribution < -0.4 is 10.6 Å². The number of thiazole rings is 1. The van der Waals surface area contributed by atoms with Crippen molar-refractivity contribution in [1.82, 2.24) is 4.98 Å². The molecule has 5 heteroatoms. The number of nitrogens with zero attached hydrogens (tertiary/aromatic N) is 2. The van der Waals surface area contributed by atoms with Gasteiger partial charge in [0, 0.05) is 31.6 Å². The zero-order chi connectivity index (χ0) is 12.8. The number of anilines is 1. The van der Waals surface area contributed by atoms with Gasteiger partial charge >= 0.3 is 0 Å². The van der Waals surface area contributed by atoms with E-state index in [9.17, 15) is 0 Å². The van der Waals surface area contributed by atoms with Crippen molar-refractivity contribution < 1.29 is 4.74 Å². The first-order valence-electron chi connectivity index (χ1n) is 6.07. The van der Waals surface area contributed by atoms with Crippen LogP contribution in [0.2, 0.25) is 0 Å². The number of hydrogen-bond donors (Lipinski definition) is 1. The molecule has 98 valence electrons. The SMILES string of the molecule is CCN(CCOC)c1nc(C(C)C)c(CN)s1. The molecule has 0 aliphatic heterocycles. The Morgan fingerprint density at radius 1 is 1.47 bits per heavy atom. The van der Waals surface area contributed by atoms with E-state index >= 15 is 0 Å². The molecule has 0 unspecified atom stereocenters. The summed E-state index contributed by atoms with van der Waals surface area (Å²) in [4.78, 5) is 8.15. The lowest BCUT2D eigenvalue weighted by Crippen LogP contribution is -2.26. The topological polar surface area (TPSA) is 51.4 Å². The van der Waals surface area contributed by atoms with Gasteiger partial charge in [-0.15, -0.1) is 11.3 Å². The molecule has 2 N–H and O–H groups in total. The standard InChI is InChI=1S/C12H23N3OS/c1-5-15(6-7-16-4)12-14-11(9(2)3)10(8-13)17-12/h9H,5-8,13H2,1-4H3. The van der Waals surface area contributed by atoms with Gasteiger partial charge in [-0.25, -0.2) is 4.98 Å². The largest absolute Gasteiger partial charge is 0.383 e. The van der Waals surface area contributed by atoms with Gasteiger partial charge in [0.2, 0.25) is 0 Å². The molecule has 1 rings (SSSR count). The predicted molar refractivity (Wildman–Crippen MR) is 73.9 cm³/mol. The minimum absolute atomic E-state index is 0.430. The summed E-state index contributed by atoms with van der Waals surface area (Å²) in [5.41, 5.74) is 6.91. The molecule has 17 heavy (non-hydrogen) atoms. The molecular weight excluding hydrogens is 234 g/mol. The summed E-state index contributed by atoms with van der Waals surface area (Å²) < 4.78 is 5.12. The predicted octanol–water partition coefficient (Wildman–Crippen LogP) is 2.20. The van der Waals surface area contributed by atoms with Crippen LogP contribution in [0.3, 0.4) is 0 Å². The van der Waals surface area contributed by atoms with Gasteiger partial charge in [-0.2, -0.15) is 0 Å². The fourth-order valence-electron chi connectivity index (χ4n) is 1.67. The van der Waals surface area contributed by atoms with E-state index in [1.54, 1.807) is 18.4 Å². The van der Waals surface area contributed by atoms with Crippen molar-refractivity contribution in [2.24, 2.45) is 5.73 Å².